The second-order valence-corrected chi connectivity index (χ2v) is 6.42. The van der Waals surface area contributed by atoms with Crippen LogP contribution in [0.2, 0.25) is 0 Å². The number of halogens is 6. The zero-order valence-electron chi connectivity index (χ0n) is 9.08. The van der Waals surface area contributed by atoms with Crippen molar-refractivity contribution in [2.75, 3.05) is 0 Å². The number of aliphatic carboxylic acids is 1. The van der Waals surface area contributed by atoms with Crippen molar-refractivity contribution in [3.63, 3.8) is 0 Å². The minimum atomic E-state index is -4.83. The molecule has 0 N–H and O–H groups in total. The highest BCUT2D eigenvalue weighted by Crippen LogP contribution is 2.47. The first-order chi connectivity index (χ1) is 7.29. The van der Waals surface area contributed by atoms with E-state index in [1.807, 2.05) is 0 Å². The number of carboxylic acid groups (broad SMARTS) is 1. The molecule has 8 heteroatoms. The Morgan fingerprint density at radius 1 is 1.29 bits per heavy atom. The maximum absolute atomic E-state index is 12.4. The number of alkyl halides is 6. The first kappa shape index (κ1) is 17.1. The lowest BCUT2D eigenvalue weighted by Gasteiger charge is -2.34. The summed E-state index contributed by atoms with van der Waals surface area (Å²) in [6.07, 6.45) is -6.12. The molecule has 2 nitrogen and oxygen atoms in total. The van der Waals surface area contributed by atoms with Crippen LogP contribution in [0.5, 0.6) is 0 Å². The van der Waals surface area contributed by atoms with Crippen LogP contribution in [-0.2, 0) is 4.79 Å². The molecule has 0 aromatic rings. The summed E-state index contributed by atoms with van der Waals surface area (Å²) in [4.78, 5) is 10.4. The van der Waals surface area contributed by atoms with Crippen LogP contribution in [0.3, 0.4) is 0 Å². The predicted molar refractivity (Wildman–Crippen MR) is 58.2 cm³/mol. The SMILES string of the molecule is CC(C)(CC(=O)[O-])C(Cl)CC(Cl)(Cl)C(F)(F)F. The van der Waals surface area contributed by atoms with Gasteiger partial charge in [0.25, 0.3) is 0 Å². The van der Waals surface area contributed by atoms with Gasteiger partial charge in [-0.1, -0.05) is 37.0 Å². The van der Waals surface area contributed by atoms with Crippen molar-refractivity contribution in [2.45, 2.75) is 42.6 Å². The van der Waals surface area contributed by atoms with Crippen LogP contribution in [0.4, 0.5) is 13.2 Å². The summed E-state index contributed by atoms with van der Waals surface area (Å²) in [6.45, 7) is 2.81. The molecule has 0 aliphatic rings. The standard InChI is InChI=1S/C9H12Cl3F3O2/c1-7(2,4-6(16)17)5(10)3-8(11,12)9(13,14)15/h5H,3-4H2,1-2H3,(H,16,17)/p-1. The van der Waals surface area contributed by atoms with E-state index in [4.69, 9.17) is 34.8 Å². The van der Waals surface area contributed by atoms with Crippen LogP contribution >= 0.6 is 34.8 Å². The minimum absolute atomic E-state index is 0.483. The largest absolute Gasteiger partial charge is 0.550 e. The molecule has 17 heavy (non-hydrogen) atoms. The Bertz CT molecular complexity index is 290. The summed E-state index contributed by atoms with van der Waals surface area (Å²) in [7, 11) is 0. The summed E-state index contributed by atoms with van der Waals surface area (Å²) in [5.41, 5.74) is -1.11. The van der Waals surface area contributed by atoms with Crippen molar-refractivity contribution in [3.05, 3.63) is 0 Å². The van der Waals surface area contributed by atoms with E-state index in [1.54, 1.807) is 0 Å². The average molecular weight is 315 g/mol. The Kier molecular flexibility index (Phi) is 5.45. The number of carbonyl (C=O) groups is 1. The van der Waals surface area contributed by atoms with Crippen molar-refractivity contribution in [1.29, 1.82) is 0 Å². The topological polar surface area (TPSA) is 40.1 Å². The quantitative estimate of drug-likeness (QED) is 0.732. The van der Waals surface area contributed by atoms with Crippen molar-refractivity contribution in [2.24, 2.45) is 5.41 Å². The van der Waals surface area contributed by atoms with Gasteiger partial charge in [0.1, 0.15) is 0 Å². The highest BCUT2D eigenvalue weighted by molar-refractivity contribution is 6.49. The van der Waals surface area contributed by atoms with Crippen LogP contribution in [0, 0.1) is 5.41 Å². The van der Waals surface area contributed by atoms with Crippen LogP contribution in [0.25, 0.3) is 0 Å². The summed E-state index contributed by atoms with van der Waals surface area (Å²) < 4.78 is 34.2. The molecule has 102 valence electrons. The van der Waals surface area contributed by atoms with Crippen molar-refractivity contribution in [1.82, 2.24) is 0 Å². The molecule has 0 aliphatic heterocycles. The lowest BCUT2D eigenvalue weighted by molar-refractivity contribution is -0.307. The summed E-state index contributed by atoms with van der Waals surface area (Å²) in [5.74, 6) is -1.40. The number of hydrogen-bond acceptors (Lipinski definition) is 2. The summed E-state index contributed by atoms with van der Waals surface area (Å²) >= 11 is 16.0. The number of rotatable bonds is 5. The second-order valence-electron chi connectivity index (χ2n) is 4.41. The molecule has 0 bridgehead atoms. The fourth-order valence-corrected chi connectivity index (χ4v) is 1.88. The number of carboxylic acids is 1. The highest BCUT2D eigenvalue weighted by Gasteiger charge is 2.54. The van der Waals surface area contributed by atoms with Gasteiger partial charge in [-0.2, -0.15) is 13.2 Å². The fraction of sp³-hybridized carbons (Fsp3) is 0.889. The zero-order chi connectivity index (χ0) is 14.1. The van der Waals surface area contributed by atoms with Gasteiger partial charge >= 0.3 is 6.18 Å². The van der Waals surface area contributed by atoms with Crippen LogP contribution in [0.15, 0.2) is 0 Å². The molecule has 0 amide bonds. The lowest BCUT2D eigenvalue weighted by Crippen LogP contribution is -2.41. The normalized spacial score (nSPS) is 15.8. The van der Waals surface area contributed by atoms with Crippen molar-refractivity contribution < 1.29 is 23.1 Å². The van der Waals surface area contributed by atoms with E-state index in [2.05, 4.69) is 0 Å². The Hall–Kier alpha value is 0.130. The molecular weight excluding hydrogens is 303 g/mol. The Morgan fingerprint density at radius 3 is 2.00 bits per heavy atom. The maximum Gasteiger partial charge on any atom is 0.421 e. The van der Waals surface area contributed by atoms with E-state index >= 15 is 0 Å². The van der Waals surface area contributed by atoms with Gasteiger partial charge in [-0.25, -0.2) is 0 Å². The lowest BCUT2D eigenvalue weighted by atomic mass is 9.83. The van der Waals surface area contributed by atoms with E-state index < -0.39 is 40.1 Å². The molecule has 0 rings (SSSR count). The third-order valence-corrected chi connectivity index (χ3v) is 3.78. The smallest absolute Gasteiger partial charge is 0.421 e. The molecule has 0 spiro atoms. The van der Waals surface area contributed by atoms with E-state index in [-0.39, 0.29) is 0 Å². The van der Waals surface area contributed by atoms with Gasteiger partial charge in [0.15, 0.2) is 0 Å². The van der Waals surface area contributed by atoms with Gasteiger partial charge in [-0.15, -0.1) is 11.6 Å². The molecule has 0 heterocycles. The fourth-order valence-electron chi connectivity index (χ4n) is 1.10. The van der Waals surface area contributed by atoms with Gasteiger partial charge in [0, 0.05) is 17.8 Å². The van der Waals surface area contributed by atoms with E-state index in [1.165, 1.54) is 13.8 Å². The van der Waals surface area contributed by atoms with Gasteiger partial charge in [0.05, 0.1) is 0 Å². The van der Waals surface area contributed by atoms with Gasteiger partial charge < -0.3 is 9.90 Å². The highest BCUT2D eigenvalue weighted by atomic mass is 35.5. The molecule has 0 aromatic carbocycles. The third kappa shape index (κ3) is 5.10. The van der Waals surface area contributed by atoms with Gasteiger partial charge in [-0.05, 0) is 11.8 Å². The number of carbonyl (C=O) groups excluding carboxylic acids is 1. The van der Waals surface area contributed by atoms with Gasteiger partial charge in [0.2, 0.25) is 4.33 Å². The van der Waals surface area contributed by atoms with E-state index in [0.717, 1.165) is 0 Å². The Balaban J connectivity index is 4.75. The van der Waals surface area contributed by atoms with Crippen molar-refractivity contribution in [3.8, 4) is 0 Å². The molecule has 0 aliphatic carbocycles. The zero-order valence-corrected chi connectivity index (χ0v) is 11.3. The summed E-state index contributed by atoms with van der Waals surface area (Å²) in [6, 6.07) is 0. The molecule has 0 saturated heterocycles. The monoisotopic (exact) mass is 313 g/mol. The third-order valence-electron chi connectivity index (χ3n) is 2.30. The Morgan fingerprint density at radius 2 is 1.71 bits per heavy atom. The predicted octanol–water partition coefficient (Wildman–Crippen LogP) is 2.89. The van der Waals surface area contributed by atoms with E-state index in [9.17, 15) is 23.1 Å². The van der Waals surface area contributed by atoms with Crippen LogP contribution < -0.4 is 5.11 Å². The minimum Gasteiger partial charge on any atom is -0.550 e. The van der Waals surface area contributed by atoms with Gasteiger partial charge in [-0.3, -0.25) is 0 Å². The average Bonchev–Trinajstić information content (AvgIpc) is 1.97. The molecule has 0 aromatic heterocycles. The van der Waals surface area contributed by atoms with E-state index in [0.29, 0.717) is 0 Å². The molecule has 0 radical (unpaired) electrons. The first-order valence-corrected chi connectivity index (χ1v) is 5.77. The molecular formula is C9H11Cl3F3O2-. The summed E-state index contributed by atoms with van der Waals surface area (Å²) in [5, 5.41) is 9.27. The second kappa shape index (κ2) is 5.41. The first-order valence-electron chi connectivity index (χ1n) is 4.58. The molecule has 0 fully saturated rings. The maximum atomic E-state index is 12.4. The number of hydrogen-bond donors (Lipinski definition) is 0. The van der Waals surface area contributed by atoms with Crippen molar-refractivity contribution >= 4 is 40.8 Å². The molecule has 1 atom stereocenters. The molecule has 0 saturated carbocycles. The van der Waals surface area contributed by atoms with Crippen LogP contribution in [0.1, 0.15) is 26.7 Å². The van der Waals surface area contributed by atoms with Crippen LogP contribution in [-0.4, -0.2) is 21.9 Å². The molecule has 1 unspecified atom stereocenters. The Labute approximate surface area is 112 Å².